The van der Waals surface area contributed by atoms with E-state index >= 15 is 0 Å². The van der Waals surface area contributed by atoms with Gasteiger partial charge in [-0.1, -0.05) is 6.07 Å². The molecule has 1 saturated heterocycles. The van der Waals surface area contributed by atoms with Crippen LogP contribution in [0.5, 0.6) is 0 Å². The van der Waals surface area contributed by atoms with Gasteiger partial charge in [0.05, 0.1) is 5.92 Å². The lowest BCUT2D eigenvalue weighted by Gasteiger charge is -2.33. The number of pyridine rings is 2. The lowest BCUT2D eigenvalue weighted by molar-refractivity contribution is -0.141. The third-order valence-electron chi connectivity index (χ3n) is 5.22. The van der Waals surface area contributed by atoms with Gasteiger partial charge < -0.3 is 10.2 Å². The van der Waals surface area contributed by atoms with Crippen LogP contribution in [0.4, 0.5) is 24.8 Å². The molecule has 3 aromatic heterocycles. The number of aryl methyl sites for hydroxylation is 1. The summed E-state index contributed by atoms with van der Waals surface area (Å²) in [5, 5.41) is 2.79. The molecule has 1 N–H and O–H groups in total. The minimum absolute atomic E-state index is 0.0346. The summed E-state index contributed by atoms with van der Waals surface area (Å²) < 4.78 is 40.5. The highest BCUT2D eigenvalue weighted by Crippen LogP contribution is 2.33. The third kappa shape index (κ3) is 5.01. The highest BCUT2D eigenvalue weighted by molar-refractivity contribution is 5.92. The van der Waals surface area contributed by atoms with E-state index in [9.17, 15) is 18.0 Å². The first-order valence-electron chi connectivity index (χ1n) is 10.1. The van der Waals surface area contributed by atoms with Crippen molar-refractivity contribution in [2.24, 2.45) is 5.92 Å². The van der Waals surface area contributed by atoms with Crippen molar-refractivity contribution >= 4 is 17.5 Å². The number of carbonyl (C=O) groups is 1. The molecule has 10 heteroatoms. The van der Waals surface area contributed by atoms with Crippen LogP contribution >= 0.6 is 0 Å². The first-order chi connectivity index (χ1) is 15.3. The largest absolute Gasteiger partial charge is 0.433 e. The molecule has 4 heterocycles. The van der Waals surface area contributed by atoms with E-state index in [4.69, 9.17) is 0 Å². The predicted octanol–water partition coefficient (Wildman–Crippen LogP) is 4.12. The van der Waals surface area contributed by atoms with Crippen molar-refractivity contribution < 1.29 is 18.0 Å². The zero-order valence-electron chi connectivity index (χ0n) is 17.3. The van der Waals surface area contributed by atoms with Crippen LogP contribution in [0, 0.1) is 12.8 Å². The van der Waals surface area contributed by atoms with Gasteiger partial charge >= 0.3 is 6.18 Å². The van der Waals surface area contributed by atoms with Gasteiger partial charge in [-0.15, -0.1) is 0 Å². The average molecular weight is 442 g/mol. The third-order valence-corrected chi connectivity index (χ3v) is 5.22. The van der Waals surface area contributed by atoms with Crippen LogP contribution in [-0.4, -0.2) is 38.9 Å². The maximum atomic E-state index is 13.5. The number of anilines is 2. The summed E-state index contributed by atoms with van der Waals surface area (Å²) in [7, 11) is 0. The average Bonchev–Trinajstić information content (AvgIpc) is 2.80. The zero-order valence-corrected chi connectivity index (χ0v) is 17.3. The number of rotatable bonds is 4. The van der Waals surface area contributed by atoms with E-state index in [-0.39, 0.29) is 24.1 Å². The molecule has 7 nitrogen and oxygen atoms in total. The molecule has 32 heavy (non-hydrogen) atoms. The van der Waals surface area contributed by atoms with Gasteiger partial charge in [0.15, 0.2) is 11.5 Å². The molecule has 166 valence electrons. The number of nitrogens with one attached hydrogen (secondary N) is 1. The smallest absolute Gasteiger partial charge is 0.356 e. The van der Waals surface area contributed by atoms with E-state index in [2.05, 4.69) is 25.3 Å². The quantitative estimate of drug-likeness (QED) is 0.655. The number of amides is 1. The molecule has 1 amide bonds. The summed E-state index contributed by atoms with van der Waals surface area (Å²) in [6.07, 6.45) is 1.25. The molecule has 1 atom stereocenters. The van der Waals surface area contributed by atoms with E-state index in [1.165, 1.54) is 12.4 Å². The number of carbonyl (C=O) groups excluding carboxylic acids is 1. The fourth-order valence-electron chi connectivity index (χ4n) is 3.54. The Labute approximate surface area is 182 Å². The zero-order chi connectivity index (χ0) is 22.7. The fourth-order valence-corrected chi connectivity index (χ4v) is 3.54. The number of alkyl halides is 3. The molecule has 3 aromatic rings. The highest BCUT2D eigenvalue weighted by Gasteiger charge is 2.35. The van der Waals surface area contributed by atoms with Gasteiger partial charge in [0.1, 0.15) is 11.6 Å². The van der Waals surface area contributed by atoms with E-state index in [0.29, 0.717) is 30.8 Å². The predicted molar refractivity (Wildman–Crippen MR) is 113 cm³/mol. The molecule has 0 bridgehead atoms. The fraction of sp³-hybridized carbons (Fsp3) is 0.318. The molecule has 1 unspecified atom stereocenters. The van der Waals surface area contributed by atoms with Crippen molar-refractivity contribution in [3.8, 4) is 11.4 Å². The molecular formula is C22H21F3N6O. The normalized spacial score (nSPS) is 16.6. The second-order valence-corrected chi connectivity index (χ2v) is 7.66. The Bertz CT molecular complexity index is 1090. The molecule has 0 radical (unpaired) electrons. The van der Waals surface area contributed by atoms with Gasteiger partial charge in [-0.3, -0.25) is 9.78 Å². The number of piperidine rings is 1. The van der Waals surface area contributed by atoms with E-state index in [1.807, 2.05) is 13.0 Å². The van der Waals surface area contributed by atoms with Crippen molar-refractivity contribution in [3.05, 3.63) is 60.2 Å². The molecule has 0 spiro atoms. The summed E-state index contributed by atoms with van der Waals surface area (Å²) in [5.41, 5.74) is 0.384. The number of hydrogen-bond donors (Lipinski definition) is 1. The molecule has 0 saturated carbocycles. The van der Waals surface area contributed by atoms with Gasteiger partial charge in [0.25, 0.3) is 0 Å². The van der Waals surface area contributed by atoms with Crippen LogP contribution < -0.4 is 10.2 Å². The second-order valence-electron chi connectivity index (χ2n) is 7.66. The Balaban J connectivity index is 1.58. The van der Waals surface area contributed by atoms with E-state index in [0.717, 1.165) is 11.6 Å². The van der Waals surface area contributed by atoms with E-state index < -0.39 is 17.8 Å². The minimum atomic E-state index is -4.62. The Morgan fingerprint density at radius 3 is 2.62 bits per heavy atom. The first kappa shape index (κ1) is 21.7. The Kier molecular flexibility index (Phi) is 6.02. The molecule has 4 rings (SSSR count). The summed E-state index contributed by atoms with van der Waals surface area (Å²) in [4.78, 5) is 30.6. The molecule has 1 aliphatic heterocycles. The van der Waals surface area contributed by atoms with Crippen LogP contribution in [0.2, 0.25) is 0 Å². The summed E-state index contributed by atoms with van der Waals surface area (Å²) in [6, 6.07) is 7.61. The van der Waals surface area contributed by atoms with Gasteiger partial charge in [-0.2, -0.15) is 13.2 Å². The monoisotopic (exact) mass is 442 g/mol. The van der Waals surface area contributed by atoms with Gasteiger partial charge in [-0.25, -0.2) is 15.0 Å². The van der Waals surface area contributed by atoms with Crippen LogP contribution in [-0.2, 0) is 11.0 Å². The molecule has 0 aromatic carbocycles. The van der Waals surface area contributed by atoms with Crippen LogP contribution in [0.15, 0.2) is 48.9 Å². The van der Waals surface area contributed by atoms with Crippen molar-refractivity contribution in [2.75, 3.05) is 23.3 Å². The first-order valence-corrected chi connectivity index (χ1v) is 10.1. The Hall–Kier alpha value is -3.56. The van der Waals surface area contributed by atoms with Crippen LogP contribution in [0.25, 0.3) is 11.4 Å². The molecule has 1 aliphatic rings. The summed E-state index contributed by atoms with van der Waals surface area (Å²) in [6.45, 7) is 2.65. The van der Waals surface area contributed by atoms with Gasteiger partial charge in [0, 0.05) is 43.3 Å². The molecule has 0 aliphatic carbocycles. The van der Waals surface area contributed by atoms with Crippen molar-refractivity contribution in [1.82, 2.24) is 19.9 Å². The highest BCUT2D eigenvalue weighted by atomic mass is 19.4. The molecular weight excluding hydrogens is 421 g/mol. The SMILES string of the molecule is Cc1ccc(NC(=O)C2CCCN(c3cc(C(F)(F)F)nc(-c4ccncc4)n3)C2)nc1. The number of halogens is 3. The maximum Gasteiger partial charge on any atom is 0.433 e. The summed E-state index contributed by atoms with van der Waals surface area (Å²) in [5.74, 6) is -0.0668. The number of hydrogen-bond acceptors (Lipinski definition) is 6. The summed E-state index contributed by atoms with van der Waals surface area (Å²) >= 11 is 0. The van der Waals surface area contributed by atoms with Crippen LogP contribution in [0.1, 0.15) is 24.1 Å². The standard InChI is InChI=1S/C22H21F3N6O/c1-14-4-5-18(27-12-14)29-21(32)16-3-2-10-31(13-16)19-11-17(22(23,24)25)28-20(30-19)15-6-8-26-9-7-15/h4-9,11-12,16H,2-3,10,13H2,1H3,(H,27,29,32). The second kappa shape index (κ2) is 8.89. The Morgan fingerprint density at radius 1 is 1.16 bits per heavy atom. The van der Waals surface area contributed by atoms with Gasteiger partial charge in [-0.05, 0) is 43.5 Å². The maximum absolute atomic E-state index is 13.5. The number of aromatic nitrogens is 4. The van der Waals surface area contributed by atoms with Crippen molar-refractivity contribution in [3.63, 3.8) is 0 Å². The lowest BCUT2D eigenvalue weighted by Crippen LogP contribution is -2.41. The Morgan fingerprint density at radius 2 is 1.94 bits per heavy atom. The van der Waals surface area contributed by atoms with Crippen molar-refractivity contribution in [1.29, 1.82) is 0 Å². The van der Waals surface area contributed by atoms with E-state index in [1.54, 1.807) is 29.3 Å². The number of nitrogens with zero attached hydrogens (tertiary/aromatic N) is 5. The lowest BCUT2D eigenvalue weighted by atomic mass is 9.97. The molecule has 1 fully saturated rings. The minimum Gasteiger partial charge on any atom is -0.356 e. The van der Waals surface area contributed by atoms with Crippen LogP contribution in [0.3, 0.4) is 0 Å². The van der Waals surface area contributed by atoms with Crippen molar-refractivity contribution in [2.45, 2.75) is 25.9 Å². The van der Waals surface area contributed by atoms with Gasteiger partial charge in [0.2, 0.25) is 5.91 Å². The topological polar surface area (TPSA) is 83.9 Å².